The van der Waals surface area contributed by atoms with Crippen molar-refractivity contribution in [1.29, 1.82) is 0 Å². The van der Waals surface area contributed by atoms with Gasteiger partial charge in [-0.15, -0.1) is 0 Å². The number of benzene rings is 1. The van der Waals surface area contributed by atoms with E-state index in [0.29, 0.717) is 18.7 Å². The molecule has 1 aromatic rings. The van der Waals surface area contributed by atoms with Gasteiger partial charge in [0.25, 0.3) is 5.91 Å². The van der Waals surface area contributed by atoms with Crippen LogP contribution in [-0.4, -0.2) is 38.1 Å². The topological polar surface area (TPSA) is 107 Å². The quantitative estimate of drug-likeness (QED) is 0.546. The van der Waals surface area contributed by atoms with Crippen LogP contribution in [0.15, 0.2) is 24.3 Å². The lowest BCUT2D eigenvalue weighted by atomic mass is 10.1. The van der Waals surface area contributed by atoms with E-state index in [1.165, 1.54) is 0 Å². The fourth-order valence-electron chi connectivity index (χ4n) is 1.55. The van der Waals surface area contributed by atoms with Crippen LogP contribution in [0.2, 0.25) is 0 Å². The molecule has 2 amide bonds. The predicted octanol–water partition coefficient (Wildman–Crippen LogP) is -0.580. The molecule has 0 saturated heterocycles. The number of carbonyl (C=O) groups is 2. The molecule has 0 radical (unpaired) electrons. The molecule has 104 valence electrons. The first-order valence-corrected chi connectivity index (χ1v) is 6.06. The highest BCUT2D eigenvalue weighted by Gasteiger charge is 2.05. The molecule has 0 aliphatic rings. The Morgan fingerprint density at radius 2 is 2.11 bits per heavy atom. The Morgan fingerprint density at radius 3 is 2.79 bits per heavy atom. The fourth-order valence-corrected chi connectivity index (χ4v) is 1.55. The molecular formula is C13H19N3O3. The lowest BCUT2D eigenvalue weighted by molar-refractivity contribution is -0.122. The highest BCUT2D eigenvalue weighted by molar-refractivity contribution is 5.94. The Balaban J connectivity index is 2.36. The lowest BCUT2D eigenvalue weighted by Gasteiger charge is -2.07. The van der Waals surface area contributed by atoms with Crippen LogP contribution in [0.1, 0.15) is 15.9 Å². The number of ether oxygens (including phenoxy) is 1. The number of hydrogen-bond donors (Lipinski definition) is 3. The monoisotopic (exact) mass is 265 g/mol. The molecule has 0 aliphatic carbocycles. The summed E-state index contributed by atoms with van der Waals surface area (Å²) in [6, 6.07) is 7.30. The van der Waals surface area contributed by atoms with Crippen LogP contribution in [0.4, 0.5) is 0 Å². The maximum Gasteiger partial charge on any atom is 0.251 e. The van der Waals surface area contributed by atoms with Gasteiger partial charge in [0.15, 0.2) is 0 Å². The van der Waals surface area contributed by atoms with E-state index in [9.17, 15) is 9.59 Å². The van der Waals surface area contributed by atoms with E-state index in [2.05, 4.69) is 5.32 Å². The molecule has 0 unspecified atom stereocenters. The number of amides is 2. The lowest BCUT2D eigenvalue weighted by Crippen LogP contribution is -2.28. The molecule has 1 aromatic carbocycles. The minimum absolute atomic E-state index is 0.137. The molecule has 0 aromatic heterocycles. The highest BCUT2D eigenvalue weighted by atomic mass is 16.5. The summed E-state index contributed by atoms with van der Waals surface area (Å²) in [6.07, 6.45) is 0.739. The standard InChI is InChI=1S/C13H19N3O3/c14-5-4-10-2-1-3-11(8-10)13(18)16-6-7-19-9-12(15)17/h1-3,8H,4-7,9,14H2,(H2,15,17)(H,16,18). The third-order valence-corrected chi connectivity index (χ3v) is 2.40. The number of rotatable bonds is 8. The zero-order valence-electron chi connectivity index (χ0n) is 10.7. The third kappa shape index (κ3) is 5.98. The van der Waals surface area contributed by atoms with Crippen molar-refractivity contribution in [3.05, 3.63) is 35.4 Å². The Kier molecular flexibility index (Phi) is 6.56. The van der Waals surface area contributed by atoms with Gasteiger partial charge in [0.1, 0.15) is 6.61 Å². The Morgan fingerprint density at radius 1 is 1.32 bits per heavy atom. The second kappa shape index (κ2) is 8.23. The van der Waals surface area contributed by atoms with Crippen molar-refractivity contribution in [1.82, 2.24) is 5.32 Å². The molecule has 0 heterocycles. The number of nitrogens with two attached hydrogens (primary N) is 2. The van der Waals surface area contributed by atoms with Gasteiger partial charge in [-0.25, -0.2) is 0 Å². The second-order valence-electron chi connectivity index (χ2n) is 4.01. The Labute approximate surface area is 112 Å². The van der Waals surface area contributed by atoms with E-state index in [1.54, 1.807) is 6.07 Å². The smallest absolute Gasteiger partial charge is 0.251 e. The summed E-state index contributed by atoms with van der Waals surface area (Å²) in [5.41, 5.74) is 12.0. The molecule has 0 atom stereocenters. The molecule has 19 heavy (non-hydrogen) atoms. The van der Waals surface area contributed by atoms with E-state index >= 15 is 0 Å². The number of primary amides is 1. The van der Waals surface area contributed by atoms with Crippen LogP contribution >= 0.6 is 0 Å². The van der Waals surface area contributed by atoms with Crippen molar-refractivity contribution in [2.45, 2.75) is 6.42 Å². The van der Waals surface area contributed by atoms with Crippen LogP contribution in [-0.2, 0) is 16.0 Å². The summed E-state index contributed by atoms with van der Waals surface area (Å²) < 4.78 is 4.94. The normalized spacial score (nSPS) is 10.2. The summed E-state index contributed by atoms with van der Waals surface area (Å²) >= 11 is 0. The maximum absolute atomic E-state index is 11.8. The average Bonchev–Trinajstić information content (AvgIpc) is 2.38. The van der Waals surface area contributed by atoms with Gasteiger partial charge < -0.3 is 21.5 Å². The van der Waals surface area contributed by atoms with Crippen LogP contribution in [0.25, 0.3) is 0 Å². The van der Waals surface area contributed by atoms with Crippen molar-refractivity contribution < 1.29 is 14.3 Å². The van der Waals surface area contributed by atoms with E-state index in [0.717, 1.165) is 12.0 Å². The molecule has 5 N–H and O–H groups in total. The zero-order chi connectivity index (χ0) is 14.1. The molecule has 6 heteroatoms. The number of carbonyl (C=O) groups excluding carboxylic acids is 2. The van der Waals surface area contributed by atoms with Gasteiger partial charge in [-0.1, -0.05) is 12.1 Å². The number of hydrogen-bond acceptors (Lipinski definition) is 4. The van der Waals surface area contributed by atoms with Crippen molar-refractivity contribution >= 4 is 11.8 Å². The first-order valence-electron chi connectivity index (χ1n) is 6.06. The van der Waals surface area contributed by atoms with E-state index in [-0.39, 0.29) is 19.1 Å². The molecule has 0 aliphatic heterocycles. The molecule has 1 rings (SSSR count). The summed E-state index contributed by atoms with van der Waals surface area (Å²) in [5.74, 6) is -0.706. The molecule has 0 saturated carbocycles. The summed E-state index contributed by atoms with van der Waals surface area (Å²) in [6.45, 7) is 0.984. The van der Waals surface area contributed by atoms with Crippen LogP contribution in [0.5, 0.6) is 0 Å². The first-order chi connectivity index (χ1) is 9.13. The van der Waals surface area contributed by atoms with Crippen LogP contribution in [0, 0.1) is 0 Å². The van der Waals surface area contributed by atoms with E-state index in [4.69, 9.17) is 16.2 Å². The molecule has 0 spiro atoms. The summed E-state index contributed by atoms with van der Waals surface area (Å²) in [4.78, 5) is 22.2. The summed E-state index contributed by atoms with van der Waals surface area (Å²) in [7, 11) is 0. The number of nitrogens with one attached hydrogen (secondary N) is 1. The van der Waals surface area contributed by atoms with Crippen molar-refractivity contribution in [2.24, 2.45) is 11.5 Å². The van der Waals surface area contributed by atoms with Gasteiger partial charge in [-0.05, 0) is 30.7 Å². The molecule has 0 fully saturated rings. The predicted molar refractivity (Wildman–Crippen MR) is 71.5 cm³/mol. The van der Waals surface area contributed by atoms with Gasteiger partial charge in [0.2, 0.25) is 5.91 Å². The van der Waals surface area contributed by atoms with E-state index in [1.807, 2.05) is 18.2 Å². The largest absolute Gasteiger partial charge is 0.370 e. The van der Waals surface area contributed by atoms with E-state index < -0.39 is 5.91 Å². The first kappa shape index (κ1) is 15.1. The minimum Gasteiger partial charge on any atom is -0.370 e. The molecule has 6 nitrogen and oxygen atoms in total. The maximum atomic E-state index is 11.8. The second-order valence-corrected chi connectivity index (χ2v) is 4.01. The Hall–Kier alpha value is -1.92. The van der Waals surface area contributed by atoms with Gasteiger partial charge in [-0.3, -0.25) is 9.59 Å². The average molecular weight is 265 g/mol. The van der Waals surface area contributed by atoms with Crippen molar-refractivity contribution in [3.63, 3.8) is 0 Å². The van der Waals surface area contributed by atoms with Gasteiger partial charge in [0.05, 0.1) is 6.61 Å². The molecule has 0 bridgehead atoms. The van der Waals surface area contributed by atoms with Crippen molar-refractivity contribution in [3.8, 4) is 0 Å². The minimum atomic E-state index is -0.527. The fraction of sp³-hybridized carbons (Fsp3) is 0.385. The van der Waals surface area contributed by atoms with Crippen LogP contribution < -0.4 is 16.8 Å². The van der Waals surface area contributed by atoms with Crippen molar-refractivity contribution in [2.75, 3.05) is 26.3 Å². The zero-order valence-corrected chi connectivity index (χ0v) is 10.7. The highest BCUT2D eigenvalue weighted by Crippen LogP contribution is 2.05. The Bertz CT molecular complexity index is 435. The third-order valence-electron chi connectivity index (χ3n) is 2.40. The van der Waals surface area contributed by atoms with Gasteiger partial charge in [0, 0.05) is 12.1 Å². The van der Waals surface area contributed by atoms with Gasteiger partial charge >= 0.3 is 0 Å². The van der Waals surface area contributed by atoms with Crippen LogP contribution in [0.3, 0.4) is 0 Å². The van der Waals surface area contributed by atoms with Gasteiger partial charge in [-0.2, -0.15) is 0 Å². The SMILES string of the molecule is NCCc1cccc(C(=O)NCCOCC(N)=O)c1. The summed E-state index contributed by atoms with van der Waals surface area (Å²) in [5, 5.41) is 2.69. The molecular weight excluding hydrogens is 246 g/mol.